The zero-order chi connectivity index (χ0) is 13.3. The minimum atomic E-state index is -0.821. The predicted octanol–water partition coefficient (Wildman–Crippen LogP) is 0.731. The molecule has 1 fully saturated rings. The second-order valence-corrected chi connectivity index (χ2v) is 6.04. The average Bonchev–Trinajstić information content (AvgIpc) is 2.94. The fraction of sp³-hybridized carbons (Fsp3) is 0.833. The molecule has 5 heteroatoms. The summed E-state index contributed by atoms with van der Waals surface area (Å²) in [6.45, 7) is 6.15. The van der Waals surface area contributed by atoms with Crippen LogP contribution in [0.3, 0.4) is 0 Å². The zero-order valence-corrected chi connectivity index (χ0v) is 10.7. The van der Waals surface area contributed by atoms with Gasteiger partial charge in [0.1, 0.15) is 0 Å². The van der Waals surface area contributed by atoms with E-state index in [4.69, 9.17) is 10.8 Å². The Morgan fingerprint density at radius 1 is 1.41 bits per heavy atom. The van der Waals surface area contributed by atoms with E-state index in [0.29, 0.717) is 12.8 Å². The van der Waals surface area contributed by atoms with Gasteiger partial charge < -0.3 is 16.2 Å². The fourth-order valence-electron chi connectivity index (χ4n) is 1.46. The Hall–Kier alpha value is -1.10. The summed E-state index contributed by atoms with van der Waals surface area (Å²) in [4.78, 5) is 22.5. The Bertz CT molecular complexity index is 316. The molecule has 1 rings (SSSR count). The van der Waals surface area contributed by atoms with Crippen molar-refractivity contribution in [3.63, 3.8) is 0 Å². The highest BCUT2D eigenvalue weighted by molar-refractivity contribution is 5.81. The van der Waals surface area contributed by atoms with Crippen molar-refractivity contribution in [3.05, 3.63) is 0 Å². The lowest BCUT2D eigenvalue weighted by Crippen LogP contribution is -2.42. The molecule has 0 aromatic rings. The van der Waals surface area contributed by atoms with Gasteiger partial charge in [-0.2, -0.15) is 0 Å². The van der Waals surface area contributed by atoms with Gasteiger partial charge in [0.2, 0.25) is 5.91 Å². The average molecular weight is 242 g/mol. The van der Waals surface area contributed by atoms with Crippen LogP contribution in [-0.4, -0.2) is 29.6 Å². The second kappa shape index (κ2) is 4.64. The number of hydrogen-bond acceptors (Lipinski definition) is 3. The summed E-state index contributed by atoms with van der Waals surface area (Å²) in [5.74, 6) is -0.988. The molecule has 0 saturated heterocycles. The Balaban J connectivity index is 2.34. The molecule has 1 aliphatic carbocycles. The van der Waals surface area contributed by atoms with Crippen molar-refractivity contribution in [2.24, 2.45) is 16.6 Å². The van der Waals surface area contributed by atoms with E-state index in [2.05, 4.69) is 5.32 Å². The highest BCUT2D eigenvalue weighted by Crippen LogP contribution is 2.45. The van der Waals surface area contributed by atoms with E-state index in [1.54, 1.807) is 0 Å². The highest BCUT2D eigenvalue weighted by atomic mass is 16.4. The Kier molecular flexibility index (Phi) is 3.81. The summed E-state index contributed by atoms with van der Waals surface area (Å²) >= 11 is 0. The molecule has 0 aromatic carbocycles. The monoisotopic (exact) mass is 242 g/mol. The van der Waals surface area contributed by atoms with Crippen molar-refractivity contribution >= 4 is 11.9 Å². The molecule has 98 valence electrons. The molecule has 0 radical (unpaired) electrons. The topological polar surface area (TPSA) is 92.4 Å². The molecular weight excluding hydrogens is 220 g/mol. The van der Waals surface area contributed by atoms with Crippen LogP contribution >= 0.6 is 0 Å². The Morgan fingerprint density at radius 2 is 1.94 bits per heavy atom. The summed E-state index contributed by atoms with van der Waals surface area (Å²) in [6.07, 6.45) is 1.53. The van der Waals surface area contributed by atoms with Gasteiger partial charge in [-0.3, -0.25) is 9.59 Å². The van der Waals surface area contributed by atoms with Crippen molar-refractivity contribution in [2.45, 2.75) is 46.1 Å². The summed E-state index contributed by atoms with van der Waals surface area (Å²) in [7, 11) is 0. The van der Waals surface area contributed by atoms with Crippen molar-refractivity contribution in [1.29, 1.82) is 0 Å². The minimum absolute atomic E-state index is 0.124. The molecule has 1 aliphatic rings. The zero-order valence-electron chi connectivity index (χ0n) is 10.7. The lowest BCUT2D eigenvalue weighted by Gasteiger charge is -2.26. The number of nitrogens with two attached hydrogens (primary N) is 1. The molecule has 17 heavy (non-hydrogen) atoms. The molecular formula is C12H22N2O3. The van der Waals surface area contributed by atoms with Gasteiger partial charge in [-0.05, 0) is 18.3 Å². The van der Waals surface area contributed by atoms with Crippen LogP contribution in [0.5, 0.6) is 0 Å². The molecule has 0 spiro atoms. The van der Waals surface area contributed by atoms with Gasteiger partial charge in [0.05, 0.1) is 5.41 Å². The molecule has 0 heterocycles. The number of amides is 1. The number of carbonyl (C=O) groups is 2. The number of carboxylic acid groups (broad SMARTS) is 1. The maximum atomic E-state index is 11.6. The fourth-order valence-corrected chi connectivity index (χ4v) is 1.46. The van der Waals surface area contributed by atoms with Gasteiger partial charge in [0, 0.05) is 19.0 Å². The predicted molar refractivity (Wildman–Crippen MR) is 64.4 cm³/mol. The lowest BCUT2D eigenvalue weighted by molar-refractivity contribution is -0.143. The van der Waals surface area contributed by atoms with Crippen molar-refractivity contribution < 1.29 is 14.7 Å². The van der Waals surface area contributed by atoms with Crippen LogP contribution in [-0.2, 0) is 9.59 Å². The molecule has 0 aliphatic heterocycles. The molecule has 4 N–H and O–H groups in total. The van der Waals surface area contributed by atoms with Crippen molar-refractivity contribution in [1.82, 2.24) is 5.32 Å². The quantitative estimate of drug-likeness (QED) is 0.662. The Labute approximate surface area is 102 Å². The third kappa shape index (κ3) is 3.70. The third-order valence-electron chi connectivity index (χ3n) is 3.45. The van der Waals surface area contributed by atoms with E-state index in [1.807, 2.05) is 20.8 Å². The number of hydrogen-bond donors (Lipinski definition) is 3. The van der Waals surface area contributed by atoms with E-state index in [-0.39, 0.29) is 30.3 Å². The van der Waals surface area contributed by atoms with Gasteiger partial charge >= 0.3 is 5.97 Å². The van der Waals surface area contributed by atoms with E-state index < -0.39 is 11.4 Å². The molecule has 1 atom stereocenters. The molecule has 5 nitrogen and oxygen atoms in total. The van der Waals surface area contributed by atoms with Crippen molar-refractivity contribution in [2.75, 3.05) is 6.54 Å². The van der Waals surface area contributed by atoms with E-state index in [1.165, 1.54) is 0 Å². The van der Waals surface area contributed by atoms with Crippen LogP contribution in [0.25, 0.3) is 0 Å². The van der Waals surface area contributed by atoms with Gasteiger partial charge in [0.15, 0.2) is 0 Å². The summed E-state index contributed by atoms with van der Waals surface area (Å²) < 4.78 is 0. The van der Waals surface area contributed by atoms with Gasteiger partial charge in [-0.1, -0.05) is 20.8 Å². The number of carboxylic acids is 1. The van der Waals surface area contributed by atoms with Crippen LogP contribution in [0.4, 0.5) is 0 Å². The summed E-state index contributed by atoms with van der Waals surface area (Å²) in [6, 6.07) is -0.220. The SMILES string of the molecule is CC(C)(C)C(N)CC(=O)NCC1(C(=O)O)CC1. The van der Waals surface area contributed by atoms with Crippen LogP contribution < -0.4 is 11.1 Å². The van der Waals surface area contributed by atoms with Crippen LogP contribution in [0.2, 0.25) is 0 Å². The minimum Gasteiger partial charge on any atom is -0.481 e. The molecule has 1 saturated carbocycles. The van der Waals surface area contributed by atoms with Crippen molar-refractivity contribution in [3.8, 4) is 0 Å². The second-order valence-electron chi connectivity index (χ2n) is 6.04. The largest absolute Gasteiger partial charge is 0.481 e. The highest BCUT2D eigenvalue weighted by Gasteiger charge is 2.50. The summed E-state index contributed by atoms with van der Waals surface area (Å²) in [5, 5.41) is 11.6. The number of carbonyl (C=O) groups excluding carboxylic acids is 1. The first kappa shape index (κ1) is 14.0. The molecule has 1 unspecified atom stereocenters. The lowest BCUT2D eigenvalue weighted by atomic mass is 9.85. The standard InChI is InChI=1S/C12H22N2O3/c1-11(2,3)8(13)6-9(15)14-7-12(4-5-12)10(16)17/h8H,4-7,13H2,1-3H3,(H,14,15)(H,16,17). The maximum Gasteiger partial charge on any atom is 0.311 e. The smallest absolute Gasteiger partial charge is 0.311 e. The van der Waals surface area contributed by atoms with E-state index in [9.17, 15) is 9.59 Å². The summed E-state index contributed by atoms with van der Waals surface area (Å²) in [5.41, 5.74) is 5.06. The van der Waals surface area contributed by atoms with Crippen LogP contribution in [0.1, 0.15) is 40.0 Å². The van der Waals surface area contributed by atoms with E-state index in [0.717, 1.165) is 0 Å². The first-order valence-corrected chi connectivity index (χ1v) is 5.93. The van der Waals surface area contributed by atoms with Gasteiger partial charge in [-0.15, -0.1) is 0 Å². The van der Waals surface area contributed by atoms with Crippen LogP contribution in [0.15, 0.2) is 0 Å². The van der Waals surface area contributed by atoms with Crippen LogP contribution in [0, 0.1) is 10.8 Å². The van der Waals surface area contributed by atoms with Gasteiger partial charge in [-0.25, -0.2) is 0 Å². The molecule has 1 amide bonds. The normalized spacial score (nSPS) is 19.5. The third-order valence-corrected chi connectivity index (χ3v) is 3.45. The number of nitrogens with one attached hydrogen (secondary N) is 1. The molecule has 0 aromatic heterocycles. The van der Waals surface area contributed by atoms with E-state index >= 15 is 0 Å². The van der Waals surface area contributed by atoms with Gasteiger partial charge in [0.25, 0.3) is 0 Å². The first-order valence-electron chi connectivity index (χ1n) is 5.93. The Morgan fingerprint density at radius 3 is 2.29 bits per heavy atom. The first-order chi connectivity index (χ1) is 7.67. The maximum absolute atomic E-state index is 11.6. The molecule has 0 bridgehead atoms. The number of aliphatic carboxylic acids is 1. The number of rotatable bonds is 5.